The molecule has 0 aliphatic heterocycles. The van der Waals surface area contributed by atoms with Crippen LogP contribution in [0.5, 0.6) is 0 Å². The molecule has 32 heavy (non-hydrogen) atoms. The minimum atomic E-state index is -0.402. The smallest absolute Gasteiger partial charge is 0.238 e. The lowest BCUT2D eigenvalue weighted by molar-refractivity contribution is -0.644. The summed E-state index contributed by atoms with van der Waals surface area (Å²) in [6.45, 7) is 16.1. The highest BCUT2D eigenvalue weighted by Crippen LogP contribution is 2.41. The molecule has 0 saturated heterocycles. The van der Waals surface area contributed by atoms with Gasteiger partial charge in [-0.25, -0.2) is 6.57 Å². The van der Waals surface area contributed by atoms with Crippen molar-refractivity contribution in [2.45, 2.75) is 39.7 Å². The number of fused-ring (bicyclic) bond motifs is 5. The van der Waals surface area contributed by atoms with E-state index in [0.29, 0.717) is 0 Å². The third-order valence-electron chi connectivity index (χ3n) is 7.19. The van der Waals surface area contributed by atoms with Crippen molar-refractivity contribution in [3.63, 3.8) is 0 Å². The molecule has 6 rings (SSSR count). The average molecular weight is 417 g/mol. The first-order valence-corrected chi connectivity index (χ1v) is 11.2. The number of rotatable bonds is 2. The molecule has 0 saturated carbocycles. The number of aromatic nitrogens is 2. The van der Waals surface area contributed by atoms with Crippen LogP contribution < -0.4 is 4.57 Å². The highest BCUT2D eigenvalue weighted by Gasteiger charge is 2.26. The Morgan fingerprint density at radius 3 is 2.56 bits per heavy atom. The monoisotopic (exact) mass is 416 g/mol. The van der Waals surface area contributed by atoms with E-state index in [0.717, 1.165) is 6.42 Å². The first-order chi connectivity index (χ1) is 15.3. The largest absolute Gasteiger partial charge is 0.311 e. The van der Waals surface area contributed by atoms with Gasteiger partial charge in [0, 0.05) is 36.1 Å². The minimum Gasteiger partial charge on any atom is -0.311 e. The van der Waals surface area contributed by atoms with Gasteiger partial charge in [-0.3, -0.25) is 0 Å². The van der Waals surface area contributed by atoms with Gasteiger partial charge < -0.3 is 9.25 Å². The lowest BCUT2D eigenvalue weighted by atomic mass is 9.94. The lowest BCUT2D eigenvalue weighted by Crippen LogP contribution is -2.29. The topological polar surface area (TPSA) is 12.7 Å². The number of benzene rings is 3. The first kappa shape index (κ1) is 19.1. The molecule has 0 amide bonds. The summed E-state index contributed by atoms with van der Waals surface area (Å²) in [6.07, 6.45) is 2.94. The molecule has 3 heteroatoms. The van der Waals surface area contributed by atoms with Gasteiger partial charge in [0.25, 0.3) is 0 Å². The summed E-state index contributed by atoms with van der Waals surface area (Å²) in [5.74, 6) is 0. The second kappa shape index (κ2) is 6.20. The third-order valence-corrected chi connectivity index (χ3v) is 7.19. The molecule has 0 aliphatic carbocycles. The molecule has 0 bridgehead atoms. The van der Waals surface area contributed by atoms with Gasteiger partial charge in [0.2, 0.25) is 11.1 Å². The SMILES string of the molecule is [C-]#[N+]C(C)(C)Cc1ccc2c3cc[n+](C)c4c5c(C)c(C)cc6cccc(c65)n(c2c1)c34. The van der Waals surface area contributed by atoms with Crippen molar-refractivity contribution in [3.05, 3.63) is 82.8 Å². The lowest BCUT2D eigenvalue weighted by Gasteiger charge is -2.15. The molecule has 3 aromatic heterocycles. The number of nitrogens with zero attached hydrogens (tertiary/aromatic N) is 3. The molecule has 3 heterocycles. The van der Waals surface area contributed by atoms with E-state index in [1.807, 2.05) is 13.8 Å². The van der Waals surface area contributed by atoms with Crippen molar-refractivity contribution < 1.29 is 4.57 Å². The zero-order chi connectivity index (χ0) is 22.4. The van der Waals surface area contributed by atoms with Gasteiger partial charge in [0.15, 0.2) is 6.20 Å². The van der Waals surface area contributed by atoms with Crippen LogP contribution in [0.2, 0.25) is 0 Å². The average Bonchev–Trinajstić information content (AvgIpc) is 3.09. The van der Waals surface area contributed by atoms with E-state index in [4.69, 9.17) is 6.57 Å². The molecule has 0 fully saturated rings. The van der Waals surface area contributed by atoms with E-state index in [1.54, 1.807) is 0 Å². The maximum absolute atomic E-state index is 7.56. The van der Waals surface area contributed by atoms with Gasteiger partial charge in [0.05, 0.1) is 22.8 Å². The Morgan fingerprint density at radius 1 is 0.969 bits per heavy atom. The molecule has 0 N–H and O–H groups in total. The molecule has 3 nitrogen and oxygen atoms in total. The molecule has 0 spiro atoms. The van der Waals surface area contributed by atoms with Crippen LogP contribution in [0.1, 0.15) is 30.5 Å². The van der Waals surface area contributed by atoms with Crippen LogP contribution in [0.3, 0.4) is 0 Å². The van der Waals surface area contributed by atoms with Crippen molar-refractivity contribution in [2.24, 2.45) is 7.05 Å². The predicted molar refractivity (Wildman–Crippen MR) is 134 cm³/mol. The zero-order valence-corrected chi connectivity index (χ0v) is 19.2. The van der Waals surface area contributed by atoms with Gasteiger partial charge in [-0.15, -0.1) is 0 Å². The van der Waals surface area contributed by atoms with Gasteiger partial charge in [-0.05, 0) is 48.1 Å². The Balaban J connectivity index is 1.90. The Morgan fingerprint density at radius 2 is 1.78 bits per heavy atom. The van der Waals surface area contributed by atoms with E-state index >= 15 is 0 Å². The maximum Gasteiger partial charge on any atom is 0.238 e. The summed E-state index contributed by atoms with van der Waals surface area (Å²) >= 11 is 0. The highest BCUT2D eigenvalue weighted by molar-refractivity contribution is 6.25. The maximum atomic E-state index is 7.56. The van der Waals surface area contributed by atoms with E-state index in [-0.39, 0.29) is 0 Å². The fraction of sp³-hybridized carbons (Fsp3) is 0.241. The second-order valence-electron chi connectivity index (χ2n) is 9.89. The van der Waals surface area contributed by atoms with Crippen LogP contribution in [-0.2, 0) is 13.5 Å². The summed E-state index contributed by atoms with van der Waals surface area (Å²) in [4.78, 5) is 3.84. The fourth-order valence-electron chi connectivity index (χ4n) is 5.54. The van der Waals surface area contributed by atoms with Crippen LogP contribution in [0.25, 0.3) is 53.8 Å². The zero-order valence-electron chi connectivity index (χ0n) is 19.2. The van der Waals surface area contributed by atoms with E-state index in [1.165, 1.54) is 65.7 Å². The number of aryl methyl sites for hydroxylation is 3. The van der Waals surface area contributed by atoms with Gasteiger partial charge in [0.1, 0.15) is 12.6 Å². The normalized spacial score (nSPS) is 12.6. The predicted octanol–water partition coefficient (Wildman–Crippen LogP) is 6.67. The first-order valence-electron chi connectivity index (χ1n) is 11.2. The summed E-state index contributed by atoms with van der Waals surface area (Å²) < 4.78 is 4.73. The molecule has 0 atom stereocenters. The van der Waals surface area contributed by atoms with Crippen LogP contribution in [0.4, 0.5) is 0 Å². The second-order valence-corrected chi connectivity index (χ2v) is 9.89. The molecular formula is C29H26N3+. The van der Waals surface area contributed by atoms with Crippen LogP contribution in [0, 0.1) is 20.4 Å². The van der Waals surface area contributed by atoms with Crippen molar-refractivity contribution in [1.29, 1.82) is 0 Å². The minimum absolute atomic E-state index is 0.402. The van der Waals surface area contributed by atoms with Gasteiger partial charge in [-0.1, -0.05) is 30.3 Å². The van der Waals surface area contributed by atoms with Crippen molar-refractivity contribution in [2.75, 3.05) is 0 Å². The molecule has 3 aromatic carbocycles. The van der Waals surface area contributed by atoms with E-state index in [9.17, 15) is 0 Å². The number of pyridine rings is 2. The van der Waals surface area contributed by atoms with Crippen molar-refractivity contribution in [1.82, 2.24) is 4.40 Å². The third kappa shape index (κ3) is 2.38. The quantitative estimate of drug-likeness (QED) is 0.129. The van der Waals surface area contributed by atoms with Crippen LogP contribution in [0.15, 0.2) is 54.7 Å². The van der Waals surface area contributed by atoms with E-state index in [2.05, 4.69) is 89.4 Å². The molecule has 156 valence electrons. The van der Waals surface area contributed by atoms with Gasteiger partial charge >= 0.3 is 0 Å². The Labute approximate surface area is 187 Å². The number of hydrogen-bond donors (Lipinski definition) is 0. The molecule has 0 radical (unpaired) electrons. The summed E-state index contributed by atoms with van der Waals surface area (Å²) in [7, 11) is 2.15. The van der Waals surface area contributed by atoms with E-state index < -0.39 is 5.54 Å². The Bertz CT molecular complexity index is 1760. The van der Waals surface area contributed by atoms with Crippen molar-refractivity contribution in [3.8, 4) is 0 Å². The molecule has 0 aliphatic rings. The van der Waals surface area contributed by atoms with Gasteiger partial charge in [-0.2, -0.15) is 4.57 Å². The number of hydrogen-bond acceptors (Lipinski definition) is 0. The van der Waals surface area contributed by atoms with Crippen LogP contribution >= 0.6 is 0 Å². The molecule has 0 unspecified atom stereocenters. The summed E-state index contributed by atoms with van der Waals surface area (Å²) in [5, 5.41) is 6.53. The standard InChI is InChI=1S/C29H26N3/c1-17-14-20-8-7-9-23-26(20)25(18(17)2)28-27-22(12-13-31(28)6)21-11-10-19(15-24(21)32(23)27)16-29(3,4)30-5/h7-15H,16H2,1-4,6H3/q+1. The Hall–Kier alpha value is -3.64. The summed E-state index contributed by atoms with van der Waals surface area (Å²) in [6, 6.07) is 18.0. The molecule has 6 aromatic rings. The summed E-state index contributed by atoms with van der Waals surface area (Å²) in [5.41, 5.74) is 8.52. The van der Waals surface area contributed by atoms with Crippen LogP contribution in [-0.4, -0.2) is 9.94 Å². The molecular weight excluding hydrogens is 390 g/mol. The van der Waals surface area contributed by atoms with Crippen molar-refractivity contribution >= 4 is 49.0 Å². The fourth-order valence-corrected chi connectivity index (χ4v) is 5.54. The Kier molecular flexibility index (Phi) is 3.70. The highest BCUT2D eigenvalue weighted by atomic mass is 15.0.